The molecule has 146 valence electrons. The van der Waals surface area contributed by atoms with Crippen molar-refractivity contribution in [1.82, 2.24) is 10.0 Å². The van der Waals surface area contributed by atoms with Crippen LogP contribution >= 0.6 is 0 Å². The van der Waals surface area contributed by atoms with Gasteiger partial charge in [0.05, 0.1) is 4.90 Å². The second kappa shape index (κ2) is 10.2. The van der Waals surface area contributed by atoms with Gasteiger partial charge in [0.25, 0.3) is 0 Å². The molecule has 0 fully saturated rings. The van der Waals surface area contributed by atoms with Crippen molar-refractivity contribution in [3.63, 3.8) is 0 Å². The van der Waals surface area contributed by atoms with E-state index in [1.807, 2.05) is 30.3 Å². The SMILES string of the molecule is C[C@@H](NS(=O)(=O)c1ccc(CCC(=O)NCCCO)cc1)c1ccccc1. The van der Waals surface area contributed by atoms with E-state index in [1.54, 1.807) is 31.2 Å². The van der Waals surface area contributed by atoms with Crippen LogP contribution in [0.2, 0.25) is 0 Å². The molecule has 0 spiro atoms. The minimum atomic E-state index is -3.62. The highest BCUT2D eigenvalue weighted by Gasteiger charge is 2.18. The first kappa shape index (κ1) is 21.1. The molecule has 7 heteroatoms. The first-order valence-corrected chi connectivity index (χ1v) is 10.4. The number of hydrogen-bond donors (Lipinski definition) is 3. The predicted octanol–water partition coefficient (Wildman–Crippen LogP) is 2.16. The average molecular weight is 391 g/mol. The highest BCUT2D eigenvalue weighted by atomic mass is 32.2. The van der Waals surface area contributed by atoms with Crippen LogP contribution in [-0.2, 0) is 21.2 Å². The van der Waals surface area contributed by atoms with Gasteiger partial charge in [-0.3, -0.25) is 4.79 Å². The van der Waals surface area contributed by atoms with Crippen LogP contribution in [0, 0.1) is 0 Å². The third kappa shape index (κ3) is 6.78. The highest BCUT2D eigenvalue weighted by Crippen LogP contribution is 2.17. The summed E-state index contributed by atoms with van der Waals surface area (Å²) in [6, 6.07) is 15.6. The third-order valence-electron chi connectivity index (χ3n) is 4.16. The summed E-state index contributed by atoms with van der Waals surface area (Å²) >= 11 is 0. The standard InChI is InChI=1S/C20H26N2O4S/c1-16(18-6-3-2-4-7-18)22-27(25,26)19-11-8-17(9-12-19)10-13-20(24)21-14-5-15-23/h2-4,6-9,11-12,16,22-23H,5,10,13-15H2,1H3,(H,21,24)/t16-/m1/s1. The van der Waals surface area contributed by atoms with Gasteiger partial charge in [-0.2, -0.15) is 0 Å². The number of aryl methyl sites for hydroxylation is 1. The normalized spacial score (nSPS) is 12.5. The Bertz CT molecular complexity index is 821. The van der Waals surface area contributed by atoms with Crippen LogP contribution in [0.3, 0.4) is 0 Å². The molecule has 2 aromatic rings. The summed E-state index contributed by atoms with van der Waals surface area (Å²) < 4.78 is 27.8. The Morgan fingerprint density at radius 1 is 1.07 bits per heavy atom. The summed E-state index contributed by atoms with van der Waals surface area (Å²) in [4.78, 5) is 11.9. The first-order valence-electron chi connectivity index (χ1n) is 8.96. The molecule has 6 nitrogen and oxygen atoms in total. The van der Waals surface area contributed by atoms with Crippen molar-refractivity contribution in [2.45, 2.75) is 37.1 Å². The van der Waals surface area contributed by atoms with E-state index < -0.39 is 10.0 Å². The van der Waals surface area contributed by atoms with Gasteiger partial charge >= 0.3 is 0 Å². The summed E-state index contributed by atoms with van der Waals surface area (Å²) in [7, 11) is -3.62. The fourth-order valence-corrected chi connectivity index (χ4v) is 3.83. The smallest absolute Gasteiger partial charge is 0.241 e. The maximum atomic E-state index is 12.5. The van der Waals surface area contributed by atoms with Gasteiger partial charge in [-0.05, 0) is 43.0 Å². The Balaban J connectivity index is 1.92. The number of carbonyl (C=O) groups excluding carboxylic acids is 1. The van der Waals surface area contributed by atoms with Gasteiger partial charge in [0.15, 0.2) is 0 Å². The third-order valence-corrected chi connectivity index (χ3v) is 5.72. The topological polar surface area (TPSA) is 95.5 Å². The molecule has 0 saturated carbocycles. The zero-order chi connectivity index (χ0) is 19.7. The van der Waals surface area contributed by atoms with E-state index >= 15 is 0 Å². The number of benzene rings is 2. The van der Waals surface area contributed by atoms with Crippen LogP contribution < -0.4 is 10.0 Å². The zero-order valence-corrected chi connectivity index (χ0v) is 16.2. The summed E-state index contributed by atoms with van der Waals surface area (Å²) in [5.41, 5.74) is 1.78. The van der Waals surface area contributed by atoms with Crippen LogP contribution in [0.15, 0.2) is 59.5 Å². The molecule has 1 amide bonds. The fraction of sp³-hybridized carbons (Fsp3) is 0.350. The van der Waals surface area contributed by atoms with Gasteiger partial charge in [0.1, 0.15) is 0 Å². The molecule has 2 aromatic carbocycles. The molecule has 0 heterocycles. The second-order valence-corrected chi connectivity index (χ2v) is 8.04. The van der Waals surface area contributed by atoms with Crippen molar-refractivity contribution in [2.24, 2.45) is 0 Å². The lowest BCUT2D eigenvalue weighted by Crippen LogP contribution is -2.27. The molecule has 0 unspecified atom stereocenters. The summed E-state index contributed by atoms with van der Waals surface area (Å²) in [6.45, 7) is 2.31. The minimum Gasteiger partial charge on any atom is -0.396 e. The van der Waals surface area contributed by atoms with Crippen LogP contribution in [-0.4, -0.2) is 32.6 Å². The van der Waals surface area contributed by atoms with Crippen molar-refractivity contribution in [1.29, 1.82) is 0 Å². The summed E-state index contributed by atoms with van der Waals surface area (Å²) in [6.07, 6.45) is 1.38. The monoisotopic (exact) mass is 390 g/mol. The lowest BCUT2D eigenvalue weighted by atomic mass is 10.1. The van der Waals surface area contributed by atoms with Gasteiger partial charge in [0, 0.05) is 25.6 Å². The summed E-state index contributed by atoms with van der Waals surface area (Å²) in [5.74, 6) is -0.0847. The fourth-order valence-electron chi connectivity index (χ4n) is 2.60. The lowest BCUT2D eigenvalue weighted by molar-refractivity contribution is -0.121. The van der Waals surface area contributed by atoms with Crippen molar-refractivity contribution >= 4 is 15.9 Å². The van der Waals surface area contributed by atoms with E-state index in [0.29, 0.717) is 25.8 Å². The predicted molar refractivity (Wildman–Crippen MR) is 105 cm³/mol. The van der Waals surface area contributed by atoms with E-state index in [4.69, 9.17) is 5.11 Å². The van der Waals surface area contributed by atoms with Crippen molar-refractivity contribution < 1.29 is 18.3 Å². The van der Waals surface area contributed by atoms with Crippen LogP contribution in [0.25, 0.3) is 0 Å². The van der Waals surface area contributed by atoms with E-state index in [2.05, 4.69) is 10.0 Å². The summed E-state index contributed by atoms with van der Waals surface area (Å²) in [5, 5.41) is 11.4. The van der Waals surface area contributed by atoms with Gasteiger partial charge in [-0.1, -0.05) is 42.5 Å². The number of sulfonamides is 1. The molecular weight excluding hydrogens is 364 g/mol. The highest BCUT2D eigenvalue weighted by molar-refractivity contribution is 7.89. The minimum absolute atomic E-state index is 0.0488. The maximum Gasteiger partial charge on any atom is 0.241 e. The molecule has 2 rings (SSSR count). The quantitative estimate of drug-likeness (QED) is 0.542. The molecule has 1 atom stereocenters. The Labute approximate surface area is 160 Å². The number of aliphatic hydroxyl groups is 1. The van der Waals surface area contributed by atoms with Crippen molar-refractivity contribution in [3.05, 3.63) is 65.7 Å². The maximum absolute atomic E-state index is 12.5. The van der Waals surface area contributed by atoms with E-state index in [9.17, 15) is 13.2 Å². The Morgan fingerprint density at radius 2 is 1.74 bits per heavy atom. The molecule has 0 saturated heterocycles. The van der Waals surface area contributed by atoms with Gasteiger partial charge in [-0.15, -0.1) is 0 Å². The molecule has 0 aliphatic heterocycles. The van der Waals surface area contributed by atoms with Gasteiger partial charge in [-0.25, -0.2) is 13.1 Å². The van der Waals surface area contributed by atoms with E-state index in [0.717, 1.165) is 11.1 Å². The Hall–Kier alpha value is -2.22. The van der Waals surface area contributed by atoms with E-state index in [1.165, 1.54) is 0 Å². The molecule has 3 N–H and O–H groups in total. The van der Waals surface area contributed by atoms with Gasteiger partial charge < -0.3 is 10.4 Å². The molecule has 0 aromatic heterocycles. The molecule has 27 heavy (non-hydrogen) atoms. The molecule has 0 aliphatic rings. The van der Waals surface area contributed by atoms with E-state index in [-0.39, 0.29) is 23.5 Å². The lowest BCUT2D eigenvalue weighted by Gasteiger charge is -2.15. The number of hydrogen-bond acceptors (Lipinski definition) is 4. The number of carbonyl (C=O) groups is 1. The molecular formula is C20H26N2O4S. The Morgan fingerprint density at radius 3 is 2.37 bits per heavy atom. The van der Waals surface area contributed by atoms with Gasteiger partial charge in [0.2, 0.25) is 15.9 Å². The van der Waals surface area contributed by atoms with Crippen LogP contribution in [0.1, 0.15) is 36.9 Å². The number of aliphatic hydroxyl groups excluding tert-OH is 1. The average Bonchev–Trinajstić information content (AvgIpc) is 2.67. The molecule has 0 bridgehead atoms. The first-order chi connectivity index (χ1) is 12.9. The number of nitrogens with one attached hydrogen (secondary N) is 2. The number of rotatable bonds is 10. The molecule has 0 radical (unpaired) electrons. The largest absolute Gasteiger partial charge is 0.396 e. The Kier molecular flexibility index (Phi) is 7.97. The number of amides is 1. The van der Waals surface area contributed by atoms with Crippen LogP contribution in [0.4, 0.5) is 0 Å². The van der Waals surface area contributed by atoms with Crippen molar-refractivity contribution in [3.8, 4) is 0 Å². The second-order valence-electron chi connectivity index (χ2n) is 6.32. The van der Waals surface area contributed by atoms with Crippen molar-refractivity contribution in [2.75, 3.05) is 13.2 Å². The van der Waals surface area contributed by atoms with Crippen LogP contribution in [0.5, 0.6) is 0 Å². The zero-order valence-electron chi connectivity index (χ0n) is 15.4. The molecule has 0 aliphatic carbocycles.